The Bertz CT molecular complexity index is 404. The Hall–Kier alpha value is -0.870. The van der Waals surface area contributed by atoms with E-state index < -0.39 is 0 Å². The summed E-state index contributed by atoms with van der Waals surface area (Å²) in [6, 6.07) is 5.98. The molecule has 94 valence electrons. The Morgan fingerprint density at radius 3 is 2.71 bits per heavy atom. The summed E-state index contributed by atoms with van der Waals surface area (Å²) >= 11 is 3.43. The predicted molar refractivity (Wildman–Crippen MR) is 74.4 cm³/mol. The fourth-order valence-corrected chi connectivity index (χ4v) is 1.74. The molecule has 0 aliphatic carbocycles. The van der Waals surface area contributed by atoms with Crippen LogP contribution in [0.5, 0.6) is 0 Å². The number of hydrogen-bond acceptors (Lipinski definition) is 2. The van der Waals surface area contributed by atoms with Crippen molar-refractivity contribution >= 4 is 21.8 Å². The molecule has 0 bridgehead atoms. The minimum Gasteiger partial charge on any atom is -0.350 e. The third kappa shape index (κ3) is 3.82. The van der Waals surface area contributed by atoms with Gasteiger partial charge < -0.3 is 10.2 Å². The van der Waals surface area contributed by atoms with Crippen LogP contribution in [0.3, 0.4) is 0 Å². The van der Waals surface area contributed by atoms with Gasteiger partial charge in [-0.15, -0.1) is 0 Å². The Morgan fingerprint density at radius 1 is 1.47 bits per heavy atom. The van der Waals surface area contributed by atoms with Gasteiger partial charge in [0.15, 0.2) is 0 Å². The van der Waals surface area contributed by atoms with Gasteiger partial charge in [-0.05, 0) is 45.6 Å². The van der Waals surface area contributed by atoms with E-state index in [1.54, 1.807) is 0 Å². The third-order valence-electron chi connectivity index (χ3n) is 2.95. The lowest BCUT2D eigenvalue weighted by Crippen LogP contribution is -2.38. The maximum atomic E-state index is 12.0. The largest absolute Gasteiger partial charge is 0.350 e. The molecule has 0 saturated carbocycles. The normalized spacial score (nSPS) is 12.6. The van der Waals surface area contributed by atoms with Gasteiger partial charge in [-0.1, -0.05) is 22.0 Å². The number of nitrogens with zero attached hydrogens (tertiary/aromatic N) is 1. The molecular formula is C13H19BrN2O. The first-order valence-corrected chi connectivity index (χ1v) is 6.42. The Labute approximate surface area is 111 Å². The van der Waals surface area contributed by atoms with Gasteiger partial charge in [-0.25, -0.2) is 0 Å². The second-order valence-electron chi connectivity index (χ2n) is 4.44. The van der Waals surface area contributed by atoms with Crippen LogP contribution in [0.4, 0.5) is 0 Å². The zero-order valence-corrected chi connectivity index (χ0v) is 12.3. The molecule has 1 aromatic carbocycles. The van der Waals surface area contributed by atoms with E-state index in [1.165, 1.54) is 0 Å². The lowest BCUT2D eigenvalue weighted by molar-refractivity contribution is 0.0943. The first-order chi connectivity index (χ1) is 7.93. The average Bonchev–Trinajstić information content (AvgIpc) is 2.29. The lowest BCUT2D eigenvalue weighted by Gasteiger charge is -2.20. The Kier molecular flexibility index (Phi) is 5.15. The van der Waals surface area contributed by atoms with E-state index in [0.717, 1.165) is 15.6 Å². The molecule has 17 heavy (non-hydrogen) atoms. The number of carbonyl (C=O) groups excluding carboxylic acids is 1. The van der Waals surface area contributed by atoms with Crippen LogP contribution in [0, 0.1) is 6.92 Å². The van der Waals surface area contributed by atoms with Crippen molar-refractivity contribution in [2.24, 2.45) is 0 Å². The molecule has 1 unspecified atom stereocenters. The molecule has 1 aromatic rings. The molecule has 1 atom stereocenters. The van der Waals surface area contributed by atoms with E-state index in [0.29, 0.717) is 12.6 Å². The van der Waals surface area contributed by atoms with Gasteiger partial charge >= 0.3 is 0 Å². The molecule has 1 rings (SSSR count). The van der Waals surface area contributed by atoms with Gasteiger partial charge in [0.05, 0.1) is 0 Å². The number of rotatable bonds is 4. The van der Waals surface area contributed by atoms with Crippen LogP contribution in [0.1, 0.15) is 22.8 Å². The molecule has 0 fully saturated rings. The van der Waals surface area contributed by atoms with Gasteiger partial charge in [-0.2, -0.15) is 0 Å². The maximum absolute atomic E-state index is 12.0. The zero-order valence-electron chi connectivity index (χ0n) is 10.7. The molecular weight excluding hydrogens is 280 g/mol. The summed E-state index contributed by atoms with van der Waals surface area (Å²) in [4.78, 5) is 14.1. The van der Waals surface area contributed by atoms with E-state index in [1.807, 2.05) is 39.2 Å². The smallest absolute Gasteiger partial charge is 0.251 e. The average molecular weight is 299 g/mol. The van der Waals surface area contributed by atoms with Crippen LogP contribution in [0.25, 0.3) is 0 Å². The highest BCUT2D eigenvalue weighted by molar-refractivity contribution is 9.10. The number of halogens is 1. The van der Waals surface area contributed by atoms with Crippen molar-refractivity contribution in [3.8, 4) is 0 Å². The van der Waals surface area contributed by atoms with Gasteiger partial charge in [0.1, 0.15) is 0 Å². The van der Waals surface area contributed by atoms with Crippen molar-refractivity contribution in [2.45, 2.75) is 19.9 Å². The van der Waals surface area contributed by atoms with Crippen molar-refractivity contribution in [1.82, 2.24) is 10.2 Å². The molecule has 0 radical (unpaired) electrons. The summed E-state index contributed by atoms with van der Waals surface area (Å²) in [5.41, 5.74) is 1.70. The molecule has 4 heteroatoms. The first kappa shape index (κ1) is 14.2. The van der Waals surface area contributed by atoms with Gasteiger partial charge in [0.25, 0.3) is 5.91 Å². The molecule has 3 nitrogen and oxygen atoms in total. The standard InChI is InChI=1S/C13H19BrN2O/c1-9(16(3)4)8-15-13(17)11-6-5-7-12(14)10(11)2/h5-7,9H,8H2,1-4H3,(H,15,17). The molecule has 0 spiro atoms. The molecule has 0 saturated heterocycles. The summed E-state index contributed by atoms with van der Waals surface area (Å²) in [6.45, 7) is 4.67. The number of amides is 1. The molecule has 0 aromatic heterocycles. The van der Waals surface area contributed by atoms with Crippen molar-refractivity contribution in [3.63, 3.8) is 0 Å². The van der Waals surface area contributed by atoms with Gasteiger partial charge in [-0.3, -0.25) is 4.79 Å². The number of likely N-dealkylation sites (N-methyl/N-ethyl adjacent to an activating group) is 1. The SMILES string of the molecule is Cc1c(Br)cccc1C(=O)NCC(C)N(C)C. The zero-order chi connectivity index (χ0) is 13.0. The highest BCUT2D eigenvalue weighted by Crippen LogP contribution is 2.19. The van der Waals surface area contributed by atoms with Gasteiger partial charge in [0.2, 0.25) is 0 Å². The fourth-order valence-electron chi connectivity index (χ4n) is 1.37. The number of benzene rings is 1. The van der Waals surface area contributed by atoms with Crippen LogP contribution < -0.4 is 5.32 Å². The molecule has 0 heterocycles. The van der Waals surface area contributed by atoms with Crippen LogP contribution in [0.15, 0.2) is 22.7 Å². The number of hydrogen-bond donors (Lipinski definition) is 1. The minimum absolute atomic E-state index is 0.0162. The lowest BCUT2D eigenvalue weighted by atomic mass is 10.1. The summed E-state index contributed by atoms with van der Waals surface area (Å²) in [5.74, 6) is -0.0162. The monoisotopic (exact) mass is 298 g/mol. The summed E-state index contributed by atoms with van der Waals surface area (Å²) in [5, 5.41) is 2.95. The quantitative estimate of drug-likeness (QED) is 0.926. The van der Waals surface area contributed by atoms with E-state index in [-0.39, 0.29) is 5.91 Å². The highest BCUT2D eigenvalue weighted by atomic mass is 79.9. The van der Waals surface area contributed by atoms with Crippen molar-refractivity contribution < 1.29 is 4.79 Å². The molecule has 1 amide bonds. The topological polar surface area (TPSA) is 32.3 Å². The van der Waals surface area contributed by atoms with Gasteiger partial charge in [0, 0.05) is 22.6 Å². The Balaban J connectivity index is 2.68. The van der Waals surface area contributed by atoms with Crippen LogP contribution in [-0.2, 0) is 0 Å². The van der Waals surface area contributed by atoms with Crippen LogP contribution in [0.2, 0.25) is 0 Å². The van der Waals surface area contributed by atoms with Crippen molar-refractivity contribution in [1.29, 1.82) is 0 Å². The number of carbonyl (C=O) groups is 1. The summed E-state index contributed by atoms with van der Waals surface area (Å²) in [6.07, 6.45) is 0. The second kappa shape index (κ2) is 6.17. The minimum atomic E-state index is -0.0162. The number of nitrogens with one attached hydrogen (secondary N) is 1. The maximum Gasteiger partial charge on any atom is 0.251 e. The molecule has 0 aliphatic heterocycles. The highest BCUT2D eigenvalue weighted by Gasteiger charge is 2.12. The van der Waals surface area contributed by atoms with E-state index in [4.69, 9.17) is 0 Å². The van der Waals surface area contributed by atoms with E-state index in [2.05, 4.69) is 33.1 Å². The van der Waals surface area contributed by atoms with Crippen molar-refractivity contribution in [3.05, 3.63) is 33.8 Å². The third-order valence-corrected chi connectivity index (χ3v) is 3.81. The molecule has 1 N–H and O–H groups in total. The predicted octanol–water partition coefficient (Wildman–Crippen LogP) is 2.44. The van der Waals surface area contributed by atoms with E-state index in [9.17, 15) is 4.79 Å². The van der Waals surface area contributed by atoms with Crippen LogP contribution >= 0.6 is 15.9 Å². The van der Waals surface area contributed by atoms with Crippen molar-refractivity contribution in [2.75, 3.05) is 20.6 Å². The van der Waals surface area contributed by atoms with E-state index >= 15 is 0 Å². The molecule has 0 aliphatic rings. The van der Waals surface area contributed by atoms with Crippen LogP contribution in [-0.4, -0.2) is 37.5 Å². The fraction of sp³-hybridized carbons (Fsp3) is 0.462. The Morgan fingerprint density at radius 2 is 2.12 bits per heavy atom. The second-order valence-corrected chi connectivity index (χ2v) is 5.29. The first-order valence-electron chi connectivity index (χ1n) is 5.63. The summed E-state index contributed by atoms with van der Waals surface area (Å²) < 4.78 is 0.964. The summed E-state index contributed by atoms with van der Waals surface area (Å²) in [7, 11) is 4.00.